The van der Waals surface area contributed by atoms with Crippen LogP contribution in [0.5, 0.6) is 0 Å². The van der Waals surface area contributed by atoms with Gasteiger partial charge < -0.3 is 14.7 Å². The molecule has 1 amide bonds. The second-order valence-corrected chi connectivity index (χ2v) is 7.14. The summed E-state index contributed by atoms with van der Waals surface area (Å²) in [5.41, 5.74) is -0.549. The summed E-state index contributed by atoms with van der Waals surface area (Å²) in [6.07, 6.45) is 0. The van der Waals surface area contributed by atoms with Gasteiger partial charge in [0.05, 0.1) is 18.4 Å². The molecule has 2 rings (SSSR count). The van der Waals surface area contributed by atoms with Crippen molar-refractivity contribution in [2.24, 2.45) is 17.3 Å². The Balaban J connectivity index is 2.13. The Morgan fingerprint density at radius 2 is 2.00 bits per heavy atom. The van der Waals surface area contributed by atoms with E-state index in [0.29, 0.717) is 12.3 Å². The van der Waals surface area contributed by atoms with Gasteiger partial charge in [-0.1, -0.05) is 13.8 Å². The summed E-state index contributed by atoms with van der Waals surface area (Å²) in [7, 11) is 0. The fourth-order valence-corrected chi connectivity index (χ4v) is 4.07. The number of carboxylic acids is 1. The van der Waals surface area contributed by atoms with Gasteiger partial charge in [0.1, 0.15) is 6.04 Å². The lowest BCUT2D eigenvalue weighted by Gasteiger charge is -2.34. The summed E-state index contributed by atoms with van der Waals surface area (Å²) < 4.78 is 5.03. The molecule has 1 heterocycles. The second-order valence-electron chi connectivity index (χ2n) is 5.99. The van der Waals surface area contributed by atoms with E-state index in [1.54, 1.807) is 32.5 Å². The number of amides is 1. The van der Waals surface area contributed by atoms with Crippen LogP contribution in [-0.4, -0.2) is 58.6 Å². The van der Waals surface area contributed by atoms with E-state index in [-0.39, 0.29) is 12.5 Å². The molecule has 3 atom stereocenters. The number of aliphatic carboxylic acids is 1. The summed E-state index contributed by atoms with van der Waals surface area (Å²) in [6, 6.07) is -0.595. The molecule has 0 aromatic carbocycles. The maximum Gasteiger partial charge on any atom is 0.329 e. The van der Waals surface area contributed by atoms with E-state index in [1.807, 2.05) is 0 Å². The first-order valence-electron chi connectivity index (χ1n) is 7.10. The van der Waals surface area contributed by atoms with Crippen LogP contribution in [0.4, 0.5) is 0 Å². The highest BCUT2D eigenvalue weighted by atomic mass is 32.2. The summed E-state index contributed by atoms with van der Waals surface area (Å²) in [6.45, 7) is 6.03. The van der Waals surface area contributed by atoms with E-state index in [9.17, 15) is 19.5 Å². The Bertz CT molecular complexity index is 464. The summed E-state index contributed by atoms with van der Waals surface area (Å²) >= 11 is 1.61. The van der Waals surface area contributed by atoms with Crippen LogP contribution in [-0.2, 0) is 19.1 Å². The van der Waals surface area contributed by atoms with Gasteiger partial charge >= 0.3 is 11.9 Å². The molecule has 7 heteroatoms. The number of nitrogens with zero attached hydrogens (tertiary/aromatic N) is 1. The van der Waals surface area contributed by atoms with E-state index < -0.39 is 35.2 Å². The smallest absolute Gasteiger partial charge is 0.329 e. The van der Waals surface area contributed by atoms with Gasteiger partial charge in [-0.05, 0) is 12.3 Å². The topological polar surface area (TPSA) is 83.9 Å². The lowest BCUT2D eigenvalue weighted by molar-refractivity contribution is -0.154. The zero-order chi connectivity index (χ0) is 15.8. The Morgan fingerprint density at radius 3 is 2.52 bits per heavy atom. The zero-order valence-corrected chi connectivity index (χ0v) is 13.3. The van der Waals surface area contributed by atoms with Crippen LogP contribution < -0.4 is 0 Å². The number of thioether (sulfide) groups is 1. The van der Waals surface area contributed by atoms with Gasteiger partial charge in [0.15, 0.2) is 0 Å². The Kier molecular flexibility index (Phi) is 4.51. The van der Waals surface area contributed by atoms with Crippen molar-refractivity contribution in [1.29, 1.82) is 0 Å². The number of rotatable bonds is 4. The van der Waals surface area contributed by atoms with Crippen molar-refractivity contribution >= 4 is 29.6 Å². The first-order chi connectivity index (χ1) is 9.82. The third-order valence-corrected chi connectivity index (χ3v) is 5.35. The average molecular weight is 315 g/mol. The van der Waals surface area contributed by atoms with Crippen molar-refractivity contribution < 1.29 is 24.2 Å². The van der Waals surface area contributed by atoms with Crippen LogP contribution in [0, 0.1) is 17.3 Å². The molecule has 0 spiro atoms. The number of hydrogen-bond acceptors (Lipinski definition) is 5. The second kappa shape index (κ2) is 5.87. The molecule has 3 unspecified atom stereocenters. The van der Waals surface area contributed by atoms with Crippen LogP contribution in [0.1, 0.15) is 20.8 Å². The van der Waals surface area contributed by atoms with Gasteiger partial charge in [0.25, 0.3) is 0 Å². The normalized spacial score (nSPS) is 30.6. The summed E-state index contributed by atoms with van der Waals surface area (Å²) in [5, 5.41) is 9.20. The molecule has 1 saturated heterocycles. The number of ether oxygens (including phenoxy) is 1. The number of esters is 1. The minimum atomic E-state index is -0.947. The molecule has 2 aliphatic rings. The molecule has 2 fully saturated rings. The highest BCUT2D eigenvalue weighted by Crippen LogP contribution is 2.59. The lowest BCUT2D eigenvalue weighted by atomic mass is 10.1. The van der Waals surface area contributed by atoms with Gasteiger partial charge in [0.2, 0.25) is 5.91 Å². The fourth-order valence-electron chi connectivity index (χ4n) is 3.04. The zero-order valence-electron chi connectivity index (χ0n) is 12.5. The van der Waals surface area contributed by atoms with Crippen LogP contribution in [0.3, 0.4) is 0 Å². The van der Waals surface area contributed by atoms with Gasteiger partial charge in [-0.25, -0.2) is 4.79 Å². The molecule has 6 nitrogen and oxygen atoms in total. The third kappa shape index (κ3) is 2.88. The van der Waals surface area contributed by atoms with E-state index in [2.05, 4.69) is 0 Å². The van der Waals surface area contributed by atoms with E-state index in [4.69, 9.17) is 4.74 Å². The lowest BCUT2D eigenvalue weighted by Crippen LogP contribution is -2.52. The highest BCUT2D eigenvalue weighted by Gasteiger charge is 2.67. The molecule has 0 radical (unpaired) electrons. The highest BCUT2D eigenvalue weighted by molar-refractivity contribution is 7.99. The monoisotopic (exact) mass is 315 g/mol. The largest absolute Gasteiger partial charge is 0.481 e. The molecule has 0 aromatic heterocycles. The van der Waals surface area contributed by atoms with Crippen molar-refractivity contribution in [2.45, 2.75) is 26.8 Å². The molecule has 21 heavy (non-hydrogen) atoms. The maximum absolute atomic E-state index is 12.7. The predicted octanol–water partition coefficient (Wildman–Crippen LogP) is 0.850. The first kappa shape index (κ1) is 16.1. The van der Waals surface area contributed by atoms with Crippen molar-refractivity contribution in [3.63, 3.8) is 0 Å². The molecule has 118 valence electrons. The average Bonchev–Trinajstić information content (AvgIpc) is 3.01. The third-order valence-electron chi connectivity index (χ3n) is 4.33. The van der Waals surface area contributed by atoms with E-state index >= 15 is 0 Å². The molecule has 1 N–H and O–H groups in total. The fraction of sp³-hybridized carbons (Fsp3) is 0.786. The maximum atomic E-state index is 12.7. The molecule has 1 aliphatic heterocycles. The number of hydrogen-bond donors (Lipinski definition) is 1. The van der Waals surface area contributed by atoms with Crippen molar-refractivity contribution in [3.8, 4) is 0 Å². The van der Waals surface area contributed by atoms with E-state index in [1.165, 1.54) is 4.90 Å². The van der Waals surface area contributed by atoms with Gasteiger partial charge in [-0.15, -0.1) is 0 Å². The number of carboxylic acid groups (broad SMARTS) is 1. The standard InChI is InChI=1S/C14H21NO5S/c1-4-20-13(19)8-7-21-6-5-15(8)11(16)9-10(12(17)18)14(9,2)3/h8-10H,4-7H2,1-3H3,(H,17,18). The number of carbonyl (C=O) groups is 3. The van der Waals surface area contributed by atoms with Crippen LogP contribution in [0.2, 0.25) is 0 Å². The first-order valence-corrected chi connectivity index (χ1v) is 8.25. The van der Waals surface area contributed by atoms with Crippen molar-refractivity contribution in [3.05, 3.63) is 0 Å². The molecular formula is C14H21NO5S. The van der Waals surface area contributed by atoms with Gasteiger partial charge in [0, 0.05) is 18.1 Å². The molecule has 1 aliphatic carbocycles. The molecular weight excluding hydrogens is 294 g/mol. The molecule has 0 bridgehead atoms. The van der Waals surface area contributed by atoms with Crippen LogP contribution >= 0.6 is 11.8 Å². The SMILES string of the molecule is CCOC(=O)C1CSCCN1C(=O)C1C(C(=O)O)C1(C)C. The Morgan fingerprint density at radius 1 is 1.33 bits per heavy atom. The van der Waals surface area contributed by atoms with Crippen molar-refractivity contribution in [1.82, 2.24) is 4.90 Å². The molecule has 1 saturated carbocycles. The van der Waals surface area contributed by atoms with Crippen molar-refractivity contribution in [2.75, 3.05) is 24.7 Å². The summed E-state index contributed by atoms with van der Waals surface area (Å²) in [5.74, 6) is -1.52. The van der Waals surface area contributed by atoms with E-state index in [0.717, 1.165) is 5.75 Å². The van der Waals surface area contributed by atoms with Gasteiger partial charge in [-0.3, -0.25) is 9.59 Å². The minimum Gasteiger partial charge on any atom is -0.481 e. The Hall–Kier alpha value is -1.24. The number of carbonyl (C=O) groups excluding carboxylic acids is 2. The molecule has 0 aromatic rings. The minimum absolute atomic E-state index is 0.231. The quantitative estimate of drug-likeness (QED) is 0.774. The Labute approximate surface area is 128 Å². The van der Waals surface area contributed by atoms with Crippen LogP contribution in [0.25, 0.3) is 0 Å². The predicted molar refractivity (Wildman–Crippen MR) is 77.9 cm³/mol. The van der Waals surface area contributed by atoms with Gasteiger partial charge in [-0.2, -0.15) is 11.8 Å². The summed E-state index contributed by atoms with van der Waals surface area (Å²) in [4.78, 5) is 37.4. The van der Waals surface area contributed by atoms with Crippen LogP contribution in [0.15, 0.2) is 0 Å².